The Morgan fingerprint density at radius 1 is 1.12 bits per heavy atom. The first-order valence-corrected chi connectivity index (χ1v) is 9.42. The molecule has 0 N–H and O–H groups in total. The first-order chi connectivity index (χ1) is 12.2. The molecular formula is C16H18F3N3O3S. The van der Waals surface area contributed by atoms with Gasteiger partial charge in [-0.15, -0.1) is 0 Å². The predicted molar refractivity (Wildman–Crippen MR) is 86.7 cm³/mol. The van der Waals surface area contributed by atoms with E-state index in [0.717, 1.165) is 30.0 Å². The lowest BCUT2D eigenvalue weighted by molar-refractivity contribution is -0.137. The molecule has 0 spiro atoms. The summed E-state index contributed by atoms with van der Waals surface area (Å²) in [6.07, 6.45) is -4.49. The zero-order chi connectivity index (χ0) is 18.9. The van der Waals surface area contributed by atoms with Gasteiger partial charge in [-0.05, 0) is 31.2 Å². The second-order valence-electron chi connectivity index (χ2n) is 6.14. The molecular weight excluding hydrogens is 371 g/mol. The van der Waals surface area contributed by atoms with Gasteiger partial charge in [0.2, 0.25) is 10.0 Å². The van der Waals surface area contributed by atoms with Gasteiger partial charge in [-0.25, -0.2) is 8.42 Å². The van der Waals surface area contributed by atoms with Crippen LogP contribution in [0.15, 0.2) is 39.8 Å². The van der Waals surface area contributed by atoms with Gasteiger partial charge in [0, 0.05) is 32.2 Å². The maximum absolute atomic E-state index is 12.6. The van der Waals surface area contributed by atoms with Gasteiger partial charge in [0.05, 0.1) is 22.7 Å². The Bertz CT molecular complexity index is 855. The first-order valence-electron chi connectivity index (χ1n) is 7.98. The van der Waals surface area contributed by atoms with Crippen LogP contribution in [0.1, 0.15) is 17.0 Å². The minimum Gasteiger partial charge on any atom is -0.360 e. The van der Waals surface area contributed by atoms with Crippen LogP contribution in [0.25, 0.3) is 0 Å². The van der Waals surface area contributed by atoms with Gasteiger partial charge in [-0.3, -0.25) is 4.90 Å². The second-order valence-corrected chi connectivity index (χ2v) is 8.07. The van der Waals surface area contributed by atoms with Crippen molar-refractivity contribution in [2.45, 2.75) is 24.5 Å². The van der Waals surface area contributed by atoms with Crippen molar-refractivity contribution in [3.63, 3.8) is 0 Å². The molecule has 1 saturated heterocycles. The number of alkyl halides is 3. The van der Waals surface area contributed by atoms with Crippen molar-refractivity contribution in [2.75, 3.05) is 26.2 Å². The third kappa shape index (κ3) is 4.08. The van der Waals surface area contributed by atoms with Crippen LogP contribution in [-0.4, -0.2) is 49.0 Å². The molecule has 0 radical (unpaired) electrons. The summed E-state index contributed by atoms with van der Waals surface area (Å²) >= 11 is 0. The molecule has 1 fully saturated rings. The molecule has 1 aromatic carbocycles. The molecule has 0 saturated carbocycles. The monoisotopic (exact) mass is 389 g/mol. The van der Waals surface area contributed by atoms with Crippen LogP contribution < -0.4 is 0 Å². The smallest absolute Gasteiger partial charge is 0.360 e. The van der Waals surface area contributed by atoms with Crippen LogP contribution >= 0.6 is 0 Å². The third-order valence-electron chi connectivity index (χ3n) is 4.21. The zero-order valence-electron chi connectivity index (χ0n) is 14.0. The fourth-order valence-electron chi connectivity index (χ4n) is 2.80. The number of hydrogen-bond acceptors (Lipinski definition) is 5. The highest BCUT2D eigenvalue weighted by Gasteiger charge is 2.32. The summed E-state index contributed by atoms with van der Waals surface area (Å²) in [4.78, 5) is 1.91. The minimum atomic E-state index is -4.49. The molecule has 0 aliphatic carbocycles. The molecule has 0 unspecified atom stereocenters. The summed E-state index contributed by atoms with van der Waals surface area (Å²) in [5.41, 5.74) is -0.0906. The molecule has 1 aliphatic rings. The fraction of sp³-hybridized carbons (Fsp3) is 0.438. The van der Waals surface area contributed by atoms with E-state index in [1.165, 1.54) is 4.31 Å². The van der Waals surface area contributed by atoms with Crippen molar-refractivity contribution in [3.8, 4) is 0 Å². The Kier molecular flexibility index (Phi) is 5.09. The van der Waals surface area contributed by atoms with Crippen LogP contribution in [0.4, 0.5) is 13.2 Å². The molecule has 1 aliphatic heterocycles. The van der Waals surface area contributed by atoms with E-state index in [2.05, 4.69) is 5.16 Å². The summed E-state index contributed by atoms with van der Waals surface area (Å²) in [7, 11) is -3.81. The number of halogens is 3. The van der Waals surface area contributed by atoms with Crippen LogP contribution in [0.5, 0.6) is 0 Å². The average molecular weight is 389 g/mol. The third-order valence-corrected chi connectivity index (χ3v) is 6.12. The van der Waals surface area contributed by atoms with Gasteiger partial charge in [0.15, 0.2) is 5.76 Å². The number of aromatic nitrogens is 1. The van der Waals surface area contributed by atoms with Crippen molar-refractivity contribution in [2.24, 2.45) is 0 Å². The zero-order valence-corrected chi connectivity index (χ0v) is 14.8. The van der Waals surface area contributed by atoms with Crippen molar-refractivity contribution < 1.29 is 26.1 Å². The van der Waals surface area contributed by atoms with Crippen molar-refractivity contribution in [1.29, 1.82) is 0 Å². The van der Waals surface area contributed by atoms with Crippen LogP contribution in [0.3, 0.4) is 0 Å². The molecule has 3 rings (SSSR count). The molecule has 6 nitrogen and oxygen atoms in total. The molecule has 10 heteroatoms. The van der Waals surface area contributed by atoms with E-state index in [4.69, 9.17) is 4.52 Å². The van der Waals surface area contributed by atoms with E-state index in [1.54, 1.807) is 0 Å². The lowest BCUT2D eigenvalue weighted by Crippen LogP contribution is -2.48. The van der Waals surface area contributed by atoms with Gasteiger partial charge < -0.3 is 4.52 Å². The van der Waals surface area contributed by atoms with Gasteiger partial charge in [0.25, 0.3) is 0 Å². The van der Waals surface area contributed by atoms with Crippen LogP contribution in [0, 0.1) is 6.92 Å². The summed E-state index contributed by atoms with van der Waals surface area (Å²) in [5, 5.41) is 3.81. The van der Waals surface area contributed by atoms with E-state index in [-0.39, 0.29) is 18.0 Å². The fourth-order valence-corrected chi connectivity index (χ4v) is 4.23. The maximum atomic E-state index is 12.6. The Hall–Kier alpha value is -1.91. The normalized spacial score (nSPS) is 17.5. The summed E-state index contributed by atoms with van der Waals surface area (Å²) < 4.78 is 69.5. The van der Waals surface area contributed by atoms with E-state index in [9.17, 15) is 21.6 Å². The highest BCUT2D eigenvalue weighted by atomic mass is 32.2. The van der Waals surface area contributed by atoms with Crippen molar-refractivity contribution >= 4 is 10.0 Å². The average Bonchev–Trinajstić information content (AvgIpc) is 2.99. The summed E-state index contributed by atoms with van der Waals surface area (Å²) in [6, 6.07) is 5.40. The van der Waals surface area contributed by atoms with Crippen molar-refractivity contribution in [1.82, 2.24) is 14.4 Å². The standard InChI is InChI=1S/C16H18F3N3O3S/c1-12-10-14(25-20-12)11-21-6-8-22(9-7-21)26(23,24)15-4-2-13(3-5-15)16(17,18)19/h2-5,10H,6-9,11H2,1H3. The number of sulfonamides is 1. The first kappa shape index (κ1) is 18.9. The molecule has 142 valence electrons. The molecule has 26 heavy (non-hydrogen) atoms. The number of piperazine rings is 1. The van der Waals surface area contributed by atoms with Gasteiger partial charge >= 0.3 is 6.18 Å². The molecule has 2 aromatic rings. The van der Waals surface area contributed by atoms with Crippen LogP contribution in [0.2, 0.25) is 0 Å². The number of aryl methyl sites for hydroxylation is 1. The molecule has 0 atom stereocenters. The van der Waals surface area contributed by atoms with Crippen molar-refractivity contribution in [3.05, 3.63) is 47.3 Å². The van der Waals surface area contributed by atoms with E-state index in [0.29, 0.717) is 25.4 Å². The van der Waals surface area contributed by atoms with E-state index in [1.807, 2.05) is 17.9 Å². The van der Waals surface area contributed by atoms with Gasteiger partial charge in [-0.1, -0.05) is 5.16 Å². The molecule has 2 heterocycles. The maximum Gasteiger partial charge on any atom is 0.416 e. The topological polar surface area (TPSA) is 66.7 Å². The molecule has 1 aromatic heterocycles. The lowest BCUT2D eigenvalue weighted by Gasteiger charge is -2.33. The molecule has 0 amide bonds. The van der Waals surface area contributed by atoms with E-state index < -0.39 is 21.8 Å². The van der Waals surface area contributed by atoms with Gasteiger partial charge in [-0.2, -0.15) is 17.5 Å². The Labute approximate surface area is 149 Å². The highest BCUT2D eigenvalue weighted by Crippen LogP contribution is 2.30. The quantitative estimate of drug-likeness (QED) is 0.804. The number of nitrogens with zero attached hydrogens (tertiary/aromatic N) is 3. The SMILES string of the molecule is Cc1cc(CN2CCN(S(=O)(=O)c3ccc(C(F)(F)F)cc3)CC2)on1. The number of hydrogen-bond donors (Lipinski definition) is 0. The minimum absolute atomic E-state index is 0.134. The number of benzene rings is 1. The summed E-state index contributed by atoms with van der Waals surface area (Å²) in [6.45, 7) is 3.88. The Balaban J connectivity index is 1.64. The Morgan fingerprint density at radius 3 is 2.23 bits per heavy atom. The molecule has 0 bridgehead atoms. The predicted octanol–water partition coefficient (Wildman–Crippen LogP) is 2.51. The van der Waals surface area contributed by atoms with Gasteiger partial charge in [0.1, 0.15) is 0 Å². The highest BCUT2D eigenvalue weighted by molar-refractivity contribution is 7.89. The largest absolute Gasteiger partial charge is 0.416 e. The summed E-state index contributed by atoms with van der Waals surface area (Å²) in [5.74, 6) is 0.710. The van der Waals surface area contributed by atoms with Crippen LogP contribution in [-0.2, 0) is 22.7 Å². The lowest BCUT2D eigenvalue weighted by atomic mass is 10.2. The Morgan fingerprint density at radius 2 is 1.73 bits per heavy atom. The second kappa shape index (κ2) is 7.01. The number of rotatable bonds is 4. The van der Waals surface area contributed by atoms with E-state index >= 15 is 0 Å².